The van der Waals surface area contributed by atoms with Gasteiger partial charge < -0.3 is 14.7 Å². The minimum absolute atomic E-state index is 0.0383. The van der Waals surface area contributed by atoms with Crippen LogP contribution >= 0.6 is 0 Å². The number of hydrogen-bond acceptors (Lipinski definition) is 4. The summed E-state index contributed by atoms with van der Waals surface area (Å²) in [6.45, 7) is 0.613. The second-order valence-electron chi connectivity index (χ2n) is 4.48. The summed E-state index contributed by atoms with van der Waals surface area (Å²) in [5, 5.41) is 17.6. The van der Waals surface area contributed by atoms with E-state index in [1.807, 2.05) is 6.07 Å². The van der Waals surface area contributed by atoms with Gasteiger partial charge in [0.05, 0.1) is 25.6 Å². The molecule has 1 amide bonds. The molecule has 6 heteroatoms. The molecule has 0 saturated carbocycles. The van der Waals surface area contributed by atoms with Gasteiger partial charge >= 0.3 is 5.97 Å². The van der Waals surface area contributed by atoms with Crippen molar-refractivity contribution >= 4 is 11.9 Å². The summed E-state index contributed by atoms with van der Waals surface area (Å²) in [7, 11) is 0. The van der Waals surface area contributed by atoms with Crippen molar-refractivity contribution in [1.82, 2.24) is 4.90 Å². The zero-order chi connectivity index (χ0) is 14.5. The summed E-state index contributed by atoms with van der Waals surface area (Å²) in [5.41, 5.74) is 1.23. The number of morpholine rings is 1. The Morgan fingerprint density at radius 1 is 1.50 bits per heavy atom. The number of hydrogen-bond donors (Lipinski definition) is 1. The number of carbonyl (C=O) groups is 2. The molecule has 1 heterocycles. The van der Waals surface area contributed by atoms with Gasteiger partial charge in [-0.1, -0.05) is 12.1 Å². The number of benzene rings is 1. The number of rotatable bonds is 3. The predicted molar refractivity (Wildman–Crippen MR) is 69.0 cm³/mol. The van der Waals surface area contributed by atoms with E-state index in [2.05, 4.69) is 0 Å². The van der Waals surface area contributed by atoms with E-state index >= 15 is 0 Å². The number of ether oxygens (including phenoxy) is 1. The normalized spacial score (nSPS) is 18.4. The Morgan fingerprint density at radius 3 is 3.00 bits per heavy atom. The smallest absolute Gasteiger partial charge is 0.334 e. The van der Waals surface area contributed by atoms with Crippen LogP contribution in [0.3, 0.4) is 0 Å². The third kappa shape index (κ3) is 3.13. The molecule has 6 nitrogen and oxygen atoms in total. The molecule has 1 N–H and O–H groups in total. The van der Waals surface area contributed by atoms with E-state index in [1.165, 1.54) is 4.90 Å². The molecular formula is C14H14N2O4. The number of aliphatic carboxylic acids is 1. The van der Waals surface area contributed by atoms with Gasteiger partial charge in [0.25, 0.3) is 5.91 Å². The van der Waals surface area contributed by atoms with Crippen LogP contribution in [0.5, 0.6) is 0 Å². The first kappa shape index (κ1) is 14.0. The van der Waals surface area contributed by atoms with Crippen LogP contribution < -0.4 is 0 Å². The van der Waals surface area contributed by atoms with Crippen molar-refractivity contribution in [2.45, 2.75) is 12.5 Å². The van der Waals surface area contributed by atoms with Crippen molar-refractivity contribution in [3.8, 4) is 6.07 Å². The van der Waals surface area contributed by atoms with Gasteiger partial charge in [-0.2, -0.15) is 5.26 Å². The van der Waals surface area contributed by atoms with Crippen LogP contribution in [0.25, 0.3) is 0 Å². The van der Waals surface area contributed by atoms with Gasteiger partial charge in [-0.3, -0.25) is 4.79 Å². The molecule has 1 aromatic carbocycles. The second-order valence-corrected chi connectivity index (χ2v) is 4.48. The molecule has 1 fully saturated rings. The first-order valence-electron chi connectivity index (χ1n) is 6.21. The lowest BCUT2D eigenvalue weighted by atomic mass is 10.1. The lowest BCUT2D eigenvalue weighted by Gasteiger charge is -2.31. The molecule has 0 aromatic heterocycles. The molecular weight excluding hydrogens is 260 g/mol. The van der Waals surface area contributed by atoms with E-state index in [0.29, 0.717) is 12.1 Å². The van der Waals surface area contributed by atoms with Crippen molar-refractivity contribution in [3.05, 3.63) is 35.4 Å². The van der Waals surface area contributed by atoms with Crippen LogP contribution in [0.1, 0.15) is 15.9 Å². The summed E-state index contributed by atoms with van der Waals surface area (Å²) >= 11 is 0. The molecule has 1 saturated heterocycles. The van der Waals surface area contributed by atoms with Crippen molar-refractivity contribution in [1.29, 1.82) is 5.26 Å². The number of nitrogens with zero attached hydrogens (tertiary/aromatic N) is 2. The third-order valence-electron chi connectivity index (χ3n) is 3.09. The molecule has 20 heavy (non-hydrogen) atoms. The molecule has 1 aromatic rings. The average molecular weight is 274 g/mol. The van der Waals surface area contributed by atoms with Crippen LogP contribution in [-0.2, 0) is 16.0 Å². The van der Waals surface area contributed by atoms with Crippen molar-refractivity contribution in [2.24, 2.45) is 0 Å². The summed E-state index contributed by atoms with van der Waals surface area (Å²) < 4.78 is 5.08. The molecule has 0 bridgehead atoms. The topological polar surface area (TPSA) is 90.6 Å². The highest BCUT2D eigenvalue weighted by Gasteiger charge is 2.29. The van der Waals surface area contributed by atoms with E-state index in [0.717, 1.165) is 5.56 Å². The van der Waals surface area contributed by atoms with Gasteiger partial charge in [-0.15, -0.1) is 0 Å². The number of carbonyl (C=O) groups excluding carboxylic acids is 1. The predicted octanol–water partition coefficient (Wildman–Crippen LogP) is 0.678. The fourth-order valence-electron chi connectivity index (χ4n) is 2.07. The molecule has 1 aliphatic rings. The van der Waals surface area contributed by atoms with Crippen LogP contribution in [0.4, 0.5) is 0 Å². The Hall–Kier alpha value is -2.39. The fraction of sp³-hybridized carbons (Fsp3) is 0.357. The number of nitriles is 1. The third-order valence-corrected chi connectivity index (χ3v) is 3.09. The van der Waals surface area contributed by atoms with Gasteiger partial charge in [0.2, 0.25) is 0 Å². The Morgan fingerprint density at radius 2 is 2.30 bits per heavy atom. The minimum Gasteiger partial charge on any atom is -0.479 e. The van der Waals surface area contributed by atoms with E-state index < -0.39 is 12.1 Å². The highest BCUT2D eigenvalue weighted by molar-refractivity contribution is 5.94. The molecule has 1 aliphatic heterocycles. The molecule has 104 valence electrons. The zero-order valence-electron chi connectivity index (χ0n) is 10.8. The second kappa shape index (κ2) is 6.17. The Labute approximate surface area is 116 Å². The van der Waals surface area contributed by atoms with Gasteiger partial charge in [0.15, 0.2) is 6.10 Å². The van der Waals surface area contributed by atoms with Crippen LogP contribution in [0, 0.1) is 11.3 Å². The monoisotopic (exact) mass is 274 g/mol. The van der Waals surface area contributed by atoms with Crippen molar-refractivity contribution < 1.29 is 19.4 Å². The first-order valence-corrected chi connectivity index (χ1v) is 6.21. The molecule has 1 atom stereocenters. The Balaban J connectivity index is 2.12. The highest BCUT2D eigenvalue weighted by Crippen LogP contribution is 2.13. The molecule has 0 radical (unpaired) electrons. The zero-order valence-corrected chi connectivity index (χ0v) is 10.8. The molecule has 0 spiro atoms. The lowest BCUT2D eigenvalue weighted by molar-refractivity contribution is -0.154. The van der Waals surface area contributed by atoms with Gasteiger partial charge in [-0.25, -0.2) is 4.79 Å². The van der Waals surface area contributed by atoms with Gasteiger partial charge in [-0.05, 0) is 17.7 Å². The van der Waals surface area contributed by atoms with Crippen molar-refractivity contribution in [3.63, 3.8) is 0 Å². The summed E-state index contributed by atoms with van der Waals surface area (Å²) in [6.07, 6.45) is -0.739. The maximum Gasteiger partial charge on any atom is 0.334 e. The standard InChI is InChI=1S/C14H14N2O4/c15-5-4-10-2-1-3-11(8-10)13(17)16-6-7-20-12(9-16)14(18)19/h1-3,8,12H,4,6-7,9H2,(H,18,19). The lowest BCUT2D eigenvalue weighted by Crippen LogP contribution is -2.48. The number of carboxylic acid groups (broad SMARTS) is 1. The van der Waals surface area contributed by atoms with Crippen molar-refractivity contribution in [2.75, 3.05) is 19.7 Å². The molecule has 1 unspecified atom stereocenters. The van der Waals surface area contributed by atoms with E-state index in [4.69, 9.17) is 15.1 Å². The fourth-order valence-corrected chi connectivity index (χ4v) is 2.07. The minimum atomic E-state index is -1.07. The average Bonchev–Trinajstić information content (AvgIpc) is 2.47. The summed E-state index contributed by atoms with van der Waals surface area (Å²) in [5.74, 6) is -1.31. The van der Waals surface area contributed by atoms with Gasteiger partial charge in [0, 0.05) is 12.1 Å². The van der Waals surface area contributed by atoms with Gasteiger partial charge in [0.1, 0.15) is 0 Å². The van der Waals surface area contributed by atoms with Crippen LogP contribution in [0.2, 0.25) is 0 Å². The molecule has 2 rings (SSSR count). The molecule has 0 aliphatic carbocycles. The number of amides is 1. The van der Waals surface area contributed by atoms with E-state index in [1.54, 1.807) is 24.3 Å². The quantitative estimate of drug-likeness (QED) is 0.875. The highest BCUT2D eigenvalue weighted by atomic mass is 16.5. The first-order chi connectivity index (χ1) is 9.61. The maximum atomic E-state index is 12.3. The van der Waals surface area contributed by atoms with E-state index in [9.17, 15) is 9.59 Å². The largest absolute Gasteiger partial charge is 0.479 e. The number of carboxylic acids is 1. The van der Waals surface area contributed by atoms with E-state index in [-0.39, 0.29) is 25.5 Å². The maximum absolute atomic E-state index is 12.3. The SMILES string of the molecule is N#CCc1cccc(C(=O)N2CCOC(C(=O)O)C2)c1. The Bertz CT molecular complexity index is 565. The van der Waals surface area contributed by atoms with Crippen LogP contribution in [0.15, 0.2) is 24.3 Å². The van der Waals surface area contributed by atoms with Crippen LogP contribution in [-0.4, -0.2) is 47.7 Å². The summed E-state index contributed by atoms with van der Waals surface area (Å²) in [6, 6.07) is 8.85. The Kier molecular flexibility index (Phi) is 4.33. The summed E-state index contributed by atoms with van der Waals surface area (Å²) in [4.78, 5) is 24.7.